The number of ether oxygens (including phenoxy) is 1. The molecule has 0 amide bonds. The fourth-order valence-corrected chi connectivity index (χ4v) is 2.27. The second-order valence-corrected chi connectivity index (χ2v) is 5.32. The molecule has 0 aliphatic carbocycles. The smallest absolute Gasteiger partial charge is 0.327 e. The third kappa shape index (κ3) is 2.42. The zero-order valence-electron chi connectivity index (χ0n) is 12.3. The summed E-state index contributed by atoms with van der Waals surface area (Å²) < 4.78 is 7.40. The highest BCUT2D eigenvalue weighted by molar-refractivity contribution is 5.78. The number of rotatable bonds is 3. The fraction of sp³-hybridized carbons (Fsp3) is 0.250. The first kappa shape index (κ1) is 13.4. The summed E-state index contributed by atoms with van der Waals surface area (Å²) in [7, 11) is 1.69. The summed E-state index contributed by atoms with van der Waals surface area (Å²) in [5.74, 6) is 1.83. The molecule has 3 aromatic rings. The minimum Gasteiger partial charge on any atom is -0.455 e. The highest BCUT2D eigenvalue weighted by Crippen LogP contribution is 2.28. The number of pyridine rings is 1. The summed E-state index contributed by atoms with van der Waals surface area (Å²) >= 11 is 0. The Kier molecular flexibility index (Phi) is 3.25. The zero-order valence-corrected chi connectivity index (χ0v) is 12.3. The Morgan fingerprint density at radius 2 is 1.90 bits per heavy atom. The number of benzene rings is 1. The standard InChI is InChI=1S/C16H17N3O2/c1-10(2)11-4-6-12(7-5-11)21-13-8-9-17-15-14(13)19(3)16(20)18-15/h4-10H,1-3H3,(H,17,18,20). The minimum absolute atomic E-state index is 0.205. The second kappa shape index (κ2) is 5.09. The van der Waals surface area contributed by atoms with Crippen molar-refractivity contribution in [2.24, 2.45) is 7.05 Å². The number of hydrogen-bond acceptors (Lipinski definition) is 3. The number of aromatic amines is 1. The number of hydrogen-bond donors (Lipinski definition) is 1. The van der Waals surface area contributed by atoms with Gasteiger partial charge in [-0.25, -0.2) is 9.78 Å². The van der Waals surface area contributed by atoms with Gasteiger partial charge in [0.05, 0.1) is 0 Å². The molecule has 21 heavy (non-hydrogen) atoms. The predicted octanol–water partition coefficient (Wildman–Crippen LogP) is 3.18. The summed E-state index contributed by atoms with van der Waals surface area (Å²) in [6, 6.07) is 9.73. The Labute approximate surface area is 122 Å². The van der Waals surface area contributed by atoms with Gasteiger partial charge < -0.3 is 4.74 Å². The molecule has 0 aliphatic rings. The third-order valence-electron chi connectivity index (χ3n) is 3.53. The van der Waals surface area contributed by atoms with Crippen LogP contribution >= 0.6 is 0 Å². The molecule has 2 aromatic heterocycles. The van der Waals surface area contributed by atoms with E-state index in [1.54, 1.807) is 19.3 Å². The van der Waals surface area contributed by atoms with Gasteiger partial charge in [-0.3, -0.25) is 9.55 Å². The van der Waals surface area contributed by atoms with Crippen molar-refractivity contribution in [3.63, 3.8) is 0 Å². The first-order valence-electron chi connectivity index (χ1n) is 6.88. The van der Waals surface area contributed by atoms with E-state index in [4.69, 9.17) is 4.74 Å². The molecule has 2 heterocycles. The molecule has 0 radical (unpaired) electrons. The van der Waals surface area contributed by atoms with Crippen LogP contribution in [0.5, 0.6) is 11.5 Å². The van der Waals surface area contributed by atoms with E-state index in [0.29, 0.717) is 22.8 Å². The first-order valence-corrected chi connectivity index (χ1v) is 6.88. The monoisotopic (exact) mass is 283 g/mol. The SMILES string of the molecule is CC(C)c1ccc(Oc2ccnc3[nH]c(=O)n(C)c23)cc1. The molecule has 0 atom stereocenters. The van der Waals surface area contributed by atoms with Crippen LogP contribution in [0.4, 0.5) is 0 Å². The van der Waals surface area contributed by atoms with Crippen molar-refractivity contribution in [1.82, 2.24) is 14.5 Å². The lowest BCUT2D eigenvalue weighted by Gasteiger charge is -2.09. The van der Waals surface area contributed by atoms with Crippen molar-refractivity contribution in [2.45, 2.75) is 19.8 Å². The quantitative estimate of drug-likeness (QED) is 0.803. The molecule has 3 rings (SSSR count). The maximum atomic E-state index is 11.7. The third-order valence-corrected chi connectivity index (χ3v) is 3.53. The maximum Gasteiger partial charge on any atom is 0.327 e. The summed E-state index contributed by atoms with van der Waals surface area (Å²) in [4.78, 5) is 18.5. The van der Waals surface area contributed by atoms with Crippen molar-refractivity contribution in [2.75, 3.05) is 0 Å². The van der Waals surface area contributed by atoms with Gasteiger partial charge in [-0.05, 0) is 23.6 Å². The van der Waals surface area contributed by atoms with E-state index in [2.05, 4.69) is 35.9 Å². The van der Waals surface area contributed by atoms with Crippen LogP contribution in [0.15, 0.2) is 41.3 Å². The van der Waals surface area contributed by atoms with Gasteiger partial charge in [0.1, 0.15) is 11.3 Å². The van der Waals surface area contributed by atoms with E-state index in [-0.39, 0.29) is 5.69 Å². The maximum absolute atomic E-state index is 11.7. The Balaban J connectivity index is 2.00. The summed E-state index contributed by atoms with van der Waals surface area (Å²) in [5.41, 5.74) is 2.24. The normalized spacial score (nSPS) is 11.2. The summed E-state index contributed by atoms with van der Waals surface area (Å²) in [6.07, 6.45) is 1.62. The molecule has 0 spiro atoms. The van der Waals surface area contributed by atoms with Crippen LogP contribution in [0, 0.1) is 0 Å². The van der Waals surface area contributed by atoms with E-state index in [1.807, 2.05) is 12.1 Å². The van der Waals surface area contributed by atoms with Crippen molar-refractivity contribution in [3.8, 4) is 11.5 Å². The molecule has 5 heteroatoms. The number of nitrogens with zero attached hydrogens (tertiary/aromatic N) is 2. The van der Waals surface area contributed by atoms with Gasteiger partial charge in [0.15, 0.2) is 11.4 Å². The van der Waals surface area contributed by atoms with Crippen molar-refractivity contribution >= 4 is 11.2 Å². The van der Waals surface area contributed by atoms with E-state index in [0.717, 1.165) is 5.75 Å². The number of nitrogens with one attached hydrogen (secondary N) is 1. The van der Waals surface area contributed by atoms with Crippen molar-refractivity contribution < 1.29 is 4.74 Å². The van der Waals surface area contributed by atoms with E-state index >= 15 is 0 Å². The molecule has 108 valence electrons. The molecule has 0 aliphatic heterocycles. The molecule has 1 aromatic carbocycles. The molecule has 1 N–H and O–H groups in total. The highest BCUT2D eigenvalue weighted by atomic mass is 16.5. The lowest BCUT2D eigenvalue weighted by molar-refractivity contribution is 0.485. The molecular formula is C16H17N3O2. The molecular weight excluding hydrogens is 266 g/mol. The van der Waals surface area contributed by atoms with Crippen LogP contribution in [0.2, 0.25) is 0 Å². The van der Waals surface area contributed by atoms with Crippen molar-refractivity contribution in [1.29, 1.82) is 0 Å². The second-order valence-electron chi connectivity index (χ2n) is 5.32. The first-order chi connectivity index (χ1) is 10.1. The number of aromatic nitrogens is 3. The molecule has 0 fully saturated rings. The lowest BCUT2D eigenvalue weighted by atomic mass is 10.0. The lowest BCUT2D eigenvalue weighted by Crippen LogP contribution is -2.12. The molecule has 0 saturated heterocycles. The average Bonchev–Trinajstić information content (AvgIpc) is 2.76. The van der Waals surface area contributed by atoms with Crippen LogP contribution in [0.25, 0.3) is 11.2 Å². The Morgan fingerprint density at radius 1 is 1.19 bits per heavy atom. The number of aryl methyl sites for hydroxylation is 1. The Bertz CT molecular complexity index is 829. The largest absolute Gasteiger partial charge is 0.455 e. The Morgan fingerprint density at radius 3 is 2.57 bits per heavy atom. The van der Waals surface area contributed by atoms with Crippen LogP contribution in [0.3, 0.4) is 0 Å². The number of fused-ring (bicyclic) bond motifs is 1. The van der Waals surface area contributed by atoms with E-state index < -0.39 is 0 Å². The van der Waals surface area contributed by atoms with E-state index in [1.165, 1.54) is 10.1 Å². The highest BCUT2D eigenvalue weighted by Gasteiger charge is 2.11. The van der Waals surface area contributed by atoms with Gasteiger partial charge in [0, 0.05) is 19.3 Å². The fourth-order valence-electron chi connectivity index (χ4n) is 2.27. The molecule has 5 nitrogen and oxygen atoms in total. The van der Waals surface area contributed by atoms with Crippen LogP contribution < -0.4 is 10.4 Å². The van der Waals surface area contributed by atoms with Gasteiger partial charge in [-0.2, -0.15) is 0 Å². The summed E-state index contributed by atoms with van der Waals surface area (Å²) in [6.45, 7) is 4.30. The number of imidazole rings is 1. The average molecular weight is 283 g/mol. The van der Waals surface area contributed by atoms with Crippen LogP contribution in [0.1, 0.15) is 25.3 Å². The van der Waals surface area contributed by atoms with Gasteiger partial charge in [-0.1, -0.05) is 26.0 Å². The molecule has 0 bridgehead atoms. The predicted molar refractivity (Wildman–Crippen MR) is 81.9 cm³/mol. The number of H-pyrrole nitrogens is 1. The Hall–Kier alpha value is -2.56. The topological polar surface area (TPSA) is 59.9 Å². The van der Waals surface area contributed by atoms with Crippen LogP contribution in [-0.4, -0.2) is 14.5 Å². The van der Waals surface area contributed by atoms with E-state index in [9.17, 15) is 4.79 Å². The van der Waals surface area contributed by atoms with Crippen molar-refractivity contribution in [3.05, 3.63) is 52.6 Å². The summed E-state index contributed by atoms with van der Waals surface area (Å²) in [5, 5.41) is 0. The van der Waals surface area contributed by atoms with Gasteiger partial charge in [-0.15, -0.1) is 0 Å². The van der Waals surface area contributed by atoms with Gasteiger partial charge in [0.2, 0.25) is 0 Å². The van der Waals surface area contributed by atoms with Gasteiger partial charge in [0.25, 0.3) is 0 Å². The molecule has 0 unspecified atom stereocenters. The van der Waals surface area contributed by atoms with Gasteiger partial charge >= 0.3 is 5.69 Å². The van der Waals surface area contributed by atoms with Crippen LogP contribution in [-0.2, 0) is 7.05 Å². The molecule has 0 saturated carbocycles. The minimum atomic E-state index is -0.205. The zero-order chi connectivity index (χ0) is 15.0.